The third-order valence-corrected chi connectivity index (χ3v) is 9.19. The van der Waals surface area contributed by atoms with Crippen LogP contribution in [0.5, 0.6) is 0 Å². The number of nitrogens with zero attached hydrogens (tertiary/aromatic N) is 3. The van der Waals surface area contributed by atoms with E-state index >= 15 is 0 Å². The Morgan fingerprint density at radius 3 is 1.18 bits per heavy atom. The molecule has 20 nitrogen and oxygen atoms in total. The normalized spacial score (nSPS) is 11.2. The van der Waals surface area contributed by atoms with Gasteiger partial charge in [0.05, 0.1) is 48.5 Å². The van der Waals surface area contributed by atoms with E-state index in [0.29, 0.717) is 26.5 Å². The Kier molecular flexibility index (Phi) is 22.0. The van der Waals surface area contributed by atoms with Gasteiger partial charge in [-0.2, -0.15) is 0 Å². The second-order valence-electron chi connectivity index (χ2n) is 14.3. The fraction of sp³-hybridized carbons (Fsp3) is 0.444. The molecule has 2 aromatic carbocycles. The number of unbranched alkanes of at least 4 members (excludes halogenated alkanes) is 4. The van der Waals surface area contributed by atoms with Crippen molar-refractivity contribution in [1.82, 2.24) is 13.7 Å². The van der Waals surface area contributed by atoms with E-state index in [-0.39, 0.29) is 66.4 Å². The van der Waals surface area contributed by atoms with Crippen LogP contribution < -0.4 is 17.1 Å². The molecule has 0 aliphatic carbocycles. The summed E-state index contributed by atoms with van der Waals surface area (Å²) in [4.78, 5) is 116. The van der Waals surface area contributed by atoms with Crippen molar-refractivity contribution < 1.29 is 67.0 Å². The monoisotopic (exact) mass is 909 g/mol. The van der Waals surface area contributed by atoms with E-state index in [9.17, 15) is 48.3 Å². The first kappa shape index (κ1) is 52.4. The van der Waals surface area contributed by atoms with E-state index in [2.05, 4.69) is 20.1 Å². The molecule has 0 spiro atoms. The highest BCUT2D eigenvalue weighted by atomic mass is 16.6. The number of benzene rings is 2. The van der Waals surface area contributed by atoms with Crippen LogP contribution >= 0.6 is 0 Å². The van der Waals surface area contributed by atoms with Crippen molar-refractivity contribution in [3.63, 3.8) is 0 Å². The van der Waals surface area contributed by atoms with Gasteiger partial charge in [0.1, 0.15) is 39.6 Å². The van der Waals surface area contributed by atoms with E-state index in [0.717, 1.165) is 25.7 Å². The smallest absolute Gasteiger partial charge is 0.339 e. The summed E-state index contributed by atoms with van der Waals surface area (Å²) in [5.41, 5.74) is -3.84. The summed E-state index contributed by atoms with van der Waals surface area (Å²) in [6.07, 6.45) is 3.80. The zero-order valence-corrected chi connectivity index (χ0v) is 36.7. The molecule has 20 heteroatoms. The first-order valence-corrected chi connectivity index (χ1v) is 20.8. The molecule has 0 saturated carbocycles. The lowest BCUT2D eigenvalue weighted by molar-refractivity contribution is -0.140. The quantitative estimate of drug-likeness (QED) is 0.0361. The van der Waals surface area contributed by atoms with E-state index in [1.807, 2.05) is 0 Å². The third-order valence-electron chi connectivity index (χ3n) is 9.19. The number of carbonyl (C=O) groups is 6. The van der Waals surface area contributed by atoms with Gasteiger partial charge in [0.15, 0.2) is 6.29 Å². The maximum atomic E-state index is 13.7. The number of ether oxygens (including phenoxy) is 7. The van der Waals surface area contributed by atoms with Crippen LogP contribution in [0, 0.1) is 0 Å². The summed E-state index contributed by atoms with van der Waals surface area (Å²) in [5, 5.41) is 10.3. The Hall–Kier alpha value is -6.93. The number of aliphatic hydroxyl groups excluding tert-OH is 1. The van der Waals surface area contributed by atoms with Crippen molar-refractivity contribution in [3.8, 4) is 0 Å². The predicted molar refractivity (Wildman–Crippen MR) is 230 cm³/mol. The van der Waals surface area contributed by atoms with Gasteiger partial charge < -0.3 is 38.3 Å². The molecule has 65 heavy (non-hydrogen) atoms. The zero-order valence-electron chi connectivity index (χ0n) is 36.7. The highest BCUT2D eigenvalue weighted by molar-refractivity contribution is 6.04. The van der Waals surface area contributed by atoms with Gasteiger partial charge in [-0.3, -0.25) is 0 Å². The SMILES string of the molecule is C=C(C)C(=O)OCCOC(=O)c1ccccc1C(=O)OCCn1c(=O)n(CCOC(=O)c2ccccc2C(=O)OCCOC(=O)C(=C)C)c(=O)n(CCOC(O)CCCCCCC)c1=O. The second kappa shape index (κ2) is 27.3. The largest absolute Gasteiger partial charge is 0.460 e. The lowest BCUT2D eigenvalue weighted by Gasteiger charge is -2.16. The molecule has 1 N–H and O–H groups in total. The molecule has 0 saturated heterocycles. The molecule has 352 valence electrons. The molecule has 1 heterocycles. The summed E-state index contributed by atoms with van der Waals surface area (Å²) in [7, 11) is 0. The third kappa shape index (κ3) is 16.6. The molecule has 0 aliphatic heterocycles. The first-order valence-electron chi connectivity index (χ1n) is 20.8. The molecule has 0 amide bonds. The maximum Gasteiger partial charge on any atom is 0.339 e. The van der Waals surface area contributed by atoms with Crippen LogP contribution in [-0.2, 0) is 62.4 Å². The fourth-order valence-electron chi connectivity index (χ4n) is 5.77. The van der Waals surface area contributed by atoms with Crippen molar-refractivity contribution >= 4 is 35.8 Å². The van der Waals surface area contributed by atoms with Gasteiger partial charge in [0.25, 0.3) is 0 Å². The molecule has 0 radical (unpaired) electrons. The van der Waals surface area contributed by atoms with E-state index in [4.69, 9.17) is 33.2 Å². The van der Waals surface area contributed by atoms with Crippen molar-refractivity contribution in [2.24, 2.45) is 0 Å². The number of carbonyl (C=O) groups excluding carboxylic acids is 6. The molecular formula is C45H55N3O17. The topological polar surface area (TPSA) is 253 Å². The lowest BCUT2D eigenvalue weighted by Crippen LogP contribution is -2.55. The molecule has 3 rings (SSSR count). The molecule has 0 aliphatic rings. The summed E-state index contributed by atoms with van der Waals surface area (Å²) >= 11 is 0. The summed E-state index contributed by atoms with van der Waals surface area (Å²) in [6, 6.07) is 11.0. The summed E-state index contributed by atoms with van der Waals surface area (Å²) < 4.78 is 38.1. The van der Waals surface area contributed by atoms with Gasteiger partial charge >= 0.3 is 52.9 Å². The number of esters is 6. The van der Waals surface area contributed by atoms with Gasteiger partial charge in [-0.25, -0.2) is 56.9 Å². The molecule has 0 fully saturated rings. The maximum absolute atomic E-state index is 13.7. The number of hydrogen-bond donors (Lipinski definition) is 1. The number of hydrogen-bond acceptors (Lipinski definition) is 17. The van der Waals surface area contributed by atoms with Gasteiger partial charge in [-0.15, -0.1) is 0 Å². The predicted octanol–water partition coefficient (Wildman–Crippen LogP) is 3.13. The van der Waals surface area contributed by atoms with Crippen LogP contribution in [0.1, 0.15) is 101 Å². The Morgan fingerprint density at radius 1 is 0.508 bits per heavy atom. The van der Waals surface area contributed by atoms with E-state index in [1.165, 1.54) is 62.4 Å². The Balaban J connectivity index is 1.77. The number of aliphatic hydroxyl groups is 1. The minimum absolute atomic E-state index is 0.151. The number of aromatic nitrogens is 3. The standard InChI is InChI=1S/C45H55N3O17/c1-6-7-8-9-10-19-36(49)59-23-20-46-43(56)47(21-24-60-39(52)32-15-11-13-17-34(32)41(54)64-28-26-62-37(50)30(2)3)45(58)48(44(46)57)22-25-61-40(53)33-16-12-14-18-35(33)42(55)65-29-27-63-38(51)31(4)5/h11-18,36,49H,2,4,6-10,19-29H2,1,3,5H3. The molecule has 1 unspecified atom stereocenters. The highest BCUT2D eigenvalue weighted by Crippen LogP contribution is 2.14. The van der Waals surface area contributed by atoms with Crippen LogP contribution in [0.3, 0.4) is 0 Å². The highest BCUT2D eigenvalue weighted by Gasteiger charge is 2.23. The van der Waals surface area contributed by atoms with Crippen molar-refractivity contribution in [3.05, 3.63) is 127 Å². The van der Waals surface area contributed by atoms with Gasteiger partial charge in [-0.1, -0.05) is 70.0 Å². The average Bonchev–Trinajstić information content (AvgIpc) is 3.29. The Morgan fingerprint density at radius 2 is 0.831 bits per heavy atom. The van der Waals surface area contributed by atoms with Crippen LogP contribution in [0.4, 0.5) is 0 Å². The van der Waals surface area contributed by atoms with Crippen molar-refractivity contribution in [2.45, 2.75) is 85.2 Å². The van der Waals surface area contributed by atoms with Crippen LogP contribution in [0.15, 0.2) is 87.2 Å². The van der Waals surface area contributed by atoms with Crippen LogP contribution in [0.2, 0.25) is 0 Å². The summed E-state index contributed by atoms with van der Waals surface area (Å²) in [6.45, 7) is 7.63. The molecule has 1 aromatic heterocycles. The minimum Gasteiger partial charge on any atom is -0.460 e. The van der Waals surface area contributed by atoms with Crippen LogP contribution in [0.25, 0.3) is 0 Å². The first-order chi connectivity index (χ1) is 31.1. The Bertz CT molecular complexity index is 2210. The van der Waals surface area contributed by atoms with E-state index < -0.39 is 92.0 Å². The fourth-order valence-corrected chi connectivity index (χ4v) is 5.77. The molecular weight excluding hydrogens is 854 g/mol. The second-order valence-corrected chi connectivity index (χ2v) is 14.3. The Labute approximate surface area is 373 Å². The van der Waals surface area contributed by atoms with E-state index in [1.54, 1.807) is 0 Å². The molecule has 0 bridgehead atoms. The average molecular weight is 910 g/mol. The van der Waals surface area contributed by atoms with Crippen molar-refractivity contribution in [2.75, 3.05) is 46.2 Å². The summed E-state index contributed by atoms with van der Waals surface area (Å²) in [5.74, 6) is -5.26. The lowest BCUT2D eigenvalue weighted by atomic mass is 10.1. The minimum atomic E-state index is -1.18. The molecule has 1 atom stereocenters. The number of rotatable bonds is 28. The molecule has 3 aromatic rings. The van der Waals surface area contributed by atoms with Gasteiger partial charge in [0.2, 0.25) is 0 Å². The van der Waals surface area contributed by atoms with Gasteiger partial charge in [0, 0.05) is 11.1 Å². The zero-order chi connectivity index (χ0) is 47.9. The van der Waals surface area contributed by atoms with Crippen molar-refractivity contribution in [1.29, 1.82) is 0 Å². The van der Waals surface area contributed by atoms with Gasteiger partial charge in [-0.05, 0) is 51.0 Å². The van der Waals surface area contributed by atoms with Crippen LogP contribution in [-0.4, -0.2) is 107 Å².